The van der Waals surface area contributed by atoms with Gasteiger partial charge in [0.05, 0.1) is 0 Å². The van der Waals surface area contributed by atoms with Gasteiger partial charge in [-0.15, -0.1) is 0 Å². The molecule has 1 saturated carbocycles. The molecule has 1 rings (SSSR count). The summed E-state index contributed by atoms with van der Waals surface area (Å²) < 4.78 is 0. The van der Waals surface area contributed by atoms with Gasteiger partial charge in [-0.1, -0.05) is 6.42 Å². The molecule has 0 bridgehead atoms. The summed E-state index contributed by atoms with van der Waals surface area (Å²) in [5.74, 6) is 1.01. The van der Waals surface area contributed by atoms with E-state index in [9.17, 15) is 0 Å². The zero-order chi connectivity index (χ0) is 8.10. The maximum Gasteiger partial charge on any atom is 0.0459 e. The lowest BCUT2D eigenvalue weighted by atomic mass is 9.99. The fraction of sp³-hybridized carbons (Fsp3) is 1.00. The van der Waals surface area contributed by atoms with Crippen molar-refractivity contribution in [2.75, 3.05) is 13.2 Å². The van der Waals surface area contributed by atoms with E-state index >= 15 is 0 Å². The van der Waals surface area contributed by atoms with Gasteiger partial charge in [0.25, 0.3) is 0 Å². The van der Waals surface area contributed by atoms with Crippen LogP contribution in [-0.2, 0) is 0 Å². The molecule has 11 heavy (non-hydrogen) atoms. The minimum absolute atomic E-state index is 0.331. The Labute approximate surface area is 68.2 Å². The van der Waals surface area contributed by atoms with Crippen molar-refractivity contribution in [2.45, 2.75) is 32.1 Å². The second-order valence-corrected chi connectivity index (χ2v) is 3.61. The maximum atomic E-state index is 8.91. The molecule has 0 amide bonds. The van der Waals surface area contributed by atoms with E-state index in [-0.39, 0.29) is 0 Å². The van der Waals surface area contributed by atoms with E-state index in [0.29, 0.717) is 25.0 Å². The molecule has 1 fully saturated rings. The molecule has 0 saturated heterocycles. The van der Waals surface area contributed by atoms with Crippen LogP contribution < -0.4 is 0 Å². The van der Waals surface area contributed by atoms with Crippen molar-refractivity contribution >= 4 is 0 Å². The molecule has 2 unspecified atom stereocenters. The van der Waals surface area contributed by atoms with Crippen molar-refractivity contribution in [2.24, 2.45) is 11.8 Å². The molecule has 1 aliphatic rings. The molecule has 0 aromatic rings. The summed E-state index contributed by atoms with van der Waals surface area (Å²) in [6, 6.07) is 0. The van der Waals surface area contributed by atoms with E-state index < -0.39 is 0 Å². The molecule has 1 aliphatic carbocycles. The third-order valence-corrected chi connectivity index (χ3v) is 2.72. The van der Waals surface area contributed by atoms with E-state index in [4.69, 9.17) is 10.2 Å². The van der Waals surface area contributed by atoms with Crippen molar-refractivity contribution in [1.29, 1.82) is 0 Å². The van der Waals surface area contributed by atoms with Crippen molar-refractivity contribution < 1.29 is 10.2 Å². The Morgan fingerprint density at radius 3 is 1.64 bits per heavy atom. The van der Waals surface area contributed by atoms with Gasteiger partial charge in [0.1, 0.15) is 0 Å². The fourth-order valence-corrected chi connectivity index (χ4v) is 1.82. The highest BCUT2D eigenvalue weighted by atomic mass is 16.3. The lowest BCUT2D eigenvalue weighted by Crippen LogP contribution is -2.06. The Balaban J connectivity index is 2.27. The van der Waals surface area contributed by atoms with Gasteiger partial charge in [-0.2, -0.15) is 0 Å². The van der Waals surface area contributed by atoms with Crippen LogP contribution in [0.5, 0.6) is 0 Å². The summed E-state index contributed by atoms with van der Waals surface area (Å²) in [7, 11) is 0. The fourth-order valence-electron chi connectivity index (χ4n) is 1.82. The molecule has 2 nitrogen and oxygen atoms in total. The Morgan fingerprint density at radius 2 is 1.27 bits per heavy atom. The van der Waals surface area contributed by atoms with E-state index in [1.807, 2.05) is 0 Å². The first-order chi connectivity index (χ1) is 5.36. The summed E-state index contributed by atoms with van der Waals surface area (Å²) in [6.07, 6.45) is 5.67. The van der Waals surface area contributed by atoms with Crippen LogP contribution in [0.3, 0.4) is 0 Å². The number of aliphatic hydroxyl groups is 2. The number of hydrogen-bond donors (Lipinski definition) is 2. The highest BCUT2D eigenvalue weighted by Gasteiger charge is 2.17. The number of aliphatic hydroxyl groups excluding tert-OH is 2. The maximum absolute atomic E-state index is 8.91. The number of rotatable bonds is 2. The molecule has 0 spiro atoms. The smallest absolute Gasteiger partial charge is 0.0459 e. The predicted molar refractivity (Wildman–Crippen MR) is 44.2 cm³/mol. The highest BCUT2D eigenvalue weighted by molar-refractivity contribution is 4.69. The van der Waals surface area contributed by atoms with E-state index in [0.717, 1.165) is 25.7 Å². The summed E-state index contributed by atoms with van der Waals surface area (Å²) in [6.45, 7) is 0.663. The standard InChI is InChI=1S/C9H18O2/c10-6-8-2-1-3-9(7-11)5-4-8/h8-11H,1-7H2. The third kappa shape index (κ3) is 2.80. The second kappa shape index (κ2) is 4.73. The normalized spacial score (nSPS) is 33.3. The lowest BCUT2D eigenvalue weighted by molar-refractivity contribution is 0.197. The van der Waals surface area contributed by atoms with Crippen molar-refractivity contribution in [3.05, 3.63) is 0 Å². The first kappa shape index (κ1) is 9.01. The first-order valence-electron chi connectivity index (χ1n) is 4.58. The van der Waals surface area contributed by atoms with Gasteiger partial charge in [0.15, 0.2) is 0 Å². The van der Waals surface area contributed by atoms with Crippen LogP contribution in [0, 0.1) is 11.8 Å². The molecule has 2 N–H and O–H groups in total. The van der Waals surface area contributed by atoms with Gasteiger partial charge in [-0.05, 0) is 37.5 Å². The summed E-state index contributed by atoms with van der Waals surface area (Å²) in [5, 5.41) is 17.8. The molecule has 0 radical (unpaired) electrons. The summed E-state index contributed by atoms with van der Waals surface area (Å²) in [5.41, 5.74) is 0. The first-order valence-corrected chi connectivity index (χ1v) is 4.58. The minimum atomic E-state index is 0.331. The molecule has 0 aromatic carbocycles. The molecule has 2 atom stereocenters. The van der Waals surface area contributed by atoms with Gasteiger partial charge in [0.2, 0.25) is 0 Å². The Hall–Kier alpha value is -0.0800. The van der Waals surface area contributed by atoms with Crippen LogP contribution in [0.15, 0.2) is 0 Å². The highest BCUT2D eigenvalue weighted by Crippen LogP contribution is 2.26. The Bertz CT molecular complexity index is 91.7. The van der Waals surface area contributed by atoms with Crippen LogP contribution in [0.1, 0.15) is 32.1 Å². The second-order valence-electron chi connectivity index (χ2n) is 3.61. The van der Waals surface area contributed by atoms with Crippen molar-refractivity contribution in [1.82, 2.24) is 0 Å². The van der Waals surface area contributed by atoms with Gasteiger partial charge in [-0.3, -0.25) is 0 Å². The molecule has 0 aliphatic heterocycles. The monoisotopic (exact) mass is 158 g/mol. The van der Waals surface area contributed by atoms with Gasteiger partial charge >= 0.3 is 0 Å². The Kier molecular flexibility index (Phi) is 3.87. The summed E-state index contributed by atoms with van der Waals surface area (Å²) >= 11 is 0. The molecule has 0 heterocycles. The zero-order valence-electron chi connectivity index (χ0n) is 7.00. The van der Waals surface area contributed by atoms with Crippen LogP contribution in [-0.4, -0.2) is 23.4 Å². The molecule has 66 valence electrons. The SMILES string of the molecule is OCC1CCCC(CO)CC1. The van der Waals surface area contributed by atoms with E-state index in [1.165, 1.54) is 6.42 Å². The molecule has 2 heteroatoms. The topological polar surface area (TPSA) is 40.5 Å². The zero-order valence-corrected chi connectivity index (χ0v) is 7.00. The van der Waals surface area contributed by atoms with Crippen LogP contribution >= 0.6 is 0 Å². The number of hydrogen-bond acceptors (Lipinski definition) is 2. The van der Waals surface area contributed by atoms with Gasteiger partial charge < -0.3 is 10.2 Å². The van der Waals surface area contributed by atoms with Crippen LogP contribution in [0.4, 0.5) is 0 Å². The largest absolute Gasteiger partial charge is 0.396 e. The quantitative estimate of drug-likeness (QED) is 0.592. The molecular formula is C9H18O2. The average Bonchev–Trinajstić information content (AvgIpc) is 2.28. The Morgan fingerprint density at radius 1 is 0.818 bits per heavy atom. The summed E-state index contributed by atoms with van der Waals surface area (Å²) in [4.78, 5) is 0. The molecule has 0 aromatic heterocycles. The third-order valence-electron chi connectivity index (χ3n) is 2.72. The predicted octanol–water partition coefficient (Wildman–Crippen LogP) is 1.17. The van der Waals surface area contributed by atoms with Gasteiger partial charge in [-0.25, -0.2) is 0 Å². The lowest BCUT2D eigenvalue weighted by Gasteiger charge is -2.10. The molecular weight excluding hydrogens is 140 g/mol. The van der Waals surface area contributed by atoms with Crippen LogP contribution in [0.2, 0.25) is 0 Å². The average molecular weight is 158 g/mol. The van der Waals surface area contributed by atoms with Crippen molar-refractivity contribution in [3.63, 3.8) is 0 Å². The van der Waals surface area contributed by atoms with Crippen LogP contribution in [0.25, 0.3) is 0 Å². The van der Waals surface area contributed by atoms with E-state index in [2.05, 4.69) is 0 Å². The van der Waals surface area contributed by atoms with E-state index in [1.54, 1.807) is 0 Å². The van der Waals surface area contributed by atoms with Gasteiger partial charge in [0, 0.05) is 13.2 Å². The minimum Gasteiger partial charge on any atom is -0.396 e. The van der Waals surface area contributed by atoms with Crippen molar-refractivity contribution in [3.8, 4) is 0 Å².